The van der Waals surface area contributed by atoms with E-state index in [0.29, 0.717) is 37.4 Å². The Morgan fingerprint density at radius 3 is 2.31 bits per heavy atom. The van der Waals surface area contributed by atoms with Crippen molar-refractivity contribution in [2.75, 3.05) is 30.8 Å². The highest BCUT2D eigenvalue weighted by Gasteiger charge is 2.28. The molecule has 0 aliphatic rings. The number of anilines is 1. The molecule has 2 aromatic rings. The fourth-order valence-corrected chi connectivity index (χ4v) is 4.94. The highest BCUT2D eigenvalue weighted by atomic mass is 32.2. The predicted octanol–water partition coefficient (Wildman–Crippen LogP) is 3.49. The molecule has 2 aromatic carbocycles. The van der Waals surface area contributed by atoms with Gasteiger partial charge in [0, 0.05) is 26.6 Å². The van der Waals surface area contributed by atoms with Crippen LogP contribution in [0.2, 0.25) is 0 Å². The smallest absolute Gasteiger partial charge is 0.242 e. The van der Waals surface area contributed by atoms with E-state index in [9.17, 15) is 18.0 Å². The van der Waals surface area contributed by atoms with Gasteiger partial charge in [0.05, 0.1) is 18.6 Å². The first-order valence-electron chi connectivity index (χ1n) is 11.9. The monoisotopic (exact) mass is 503 g/mol. The van der Waals surface area contributed by atoms with E-state index in [0.717, 1.165) is 17.4 Å². The Labute approximate surface area is 209 Å². The predicted molar refractivity (Wildman–Crippen MR) is 139 cm³/mol. The average Bonchev–Trinajstić information content (AvgIpc) is 2.81. The Bertz CT molecular complexity index is 1090. The molecule has 2 rings (SSSR count). The van der Waals surface area contributed by atoms with Gasteiger partial charge in [0.1, 0.15) is 11.8 Å². The molecule has 8 nitrogen and oxygen atoms in total. The number of carbonyl (C=O) groups excluding carboxylic acids is 2. The number of sulfonamides is 1. The van der Waals surface area contributed by atoms with Crippen LogP contribution in [0.3, 0.4) is 0 Å². The summed E-state index contributed by atoms with van der Waals surface area (Å²) in [6.45, 7) is 6.70. The van der Waals surface area contributed by atoms with Gasteiger partial charge in [-0.15, -0.1) is 0 Å². The van der Waals surface area contributed by atoms with Crippen LogP contribution in [0.5, 0.6) is 5.75 Å². The van der Waals surface area contributed by atoms with Crippen molar-refractivity contribution in [3.63, 3.8) is 0 Å². The largest absolute Gasteiger partial charge is 0.494 e. The molecule has 0 unspecified atom stereocenters. The van der Waals surface area contributed by atoms with Gasteiger partial charge in [0.2, 0.25) is 21.8 Å². The number of ether oxygens (including phenoxy) is 1. The lowest BCUT2D eigenvalue weighted by Gasteiger charge is -2.31. The van der Waals surface area contributed by atoms with Gasteiger partial charge in [-0.2, -0.15) is 0 Å². The van der Waals surface area contributed by atoms with Gasteiger partial charge >= 0.3 is 0 Å². The van der Waals surface area contributed by atoms with E-state index >= 15 is 0 Å². The van der Waals surface area contributed by atoms with E-state index in [4.69, 9.17) is 4.74 Å². The molecule has 0 aromatic heterocycles. The minimum atomic E-state index is -3.55. The van der Waals surface area contributed by atoms with Gasteiger partial charge in [-0.3, -0.25) is 13.9 Å². The first-order valence-corrected chi connectivity index (χ1v) is 13.7. The summed E-state index contributed by atoms with van der Waals surface area (Å²) in [5, 5.41) is 2.65. The van der Waals surface area contributed by atoms with Crippen LogP contribution in [-0.2, 0) is 26.2 Å². The Morgan fingerprint density at radius 1 is 1.09 bits per heavy atom. The molecule has 0 aliphatic heterocycles. The third kappa shape index (κ3) is 8.28. The number of hydrogen-bond acceptors (Lipinski definition) is 5. The van der Waals surface area contributed by atoms with Crippen LogP contribution in [0.25, 0.3) is 0 Å². The van der Waals surface area contributed by atoms with Crippen LogP contribution in [-0.4, -0.2) is 57.6 Å². The van der Waals surface area contributed by atoms with Crippen molar-refractivity contribution in [2.45, 2.75) is 52.6 Å². The number of likely N-dealkylation sites (N-methyl/N-ethyl adjacent to an activating group) is 1. The van der Waals surface area contributed by atoms with Gasteiger partial charge in [-0.1, -0.05) is 36.8 Å². The highest BCUT2D eigenvalue weighted by molar-refractivity contribution is 7.92. The first-order chi connectivity index (χ1) is 16.6. The number of amides is 2. The fourth-order valence-electron chi connectivity index (χ4n) is 3.97. The van der Waals surface area contributed by atoms with Crippen LogP contribution >= 0.6 is 0 Å². The summed E-state index contributed by atoms with van der Waals surface area (Å²) in [5.41, 5.74) is 2.52. The minimum Gasteiger partial charge on any atom is -0.494 e. The molecule has 0 spiro atoms. The Morgan fingerprint density at radius 2 is 1.77 bits per heavy atom. The molecule has 0 saturated heterocycles. The fraction of sp³-hybridized carbons (Fsp3) is 0.462. The van der Waals surface area contributed by atoms with Crippen LogP contribution in [0.1, 0.15) is 44.2 Å². The third-order valence-corrected chi connectivity index (χ3v) is 6.85. The lowest BCUT2D eigenvalue weighted by molar-refractivity contribution is -0.141. The second kappa shape index (κ2) is 13.1. The van der Waals surface area contributed by atoms with E-state index in [1.807, 2.05) is 45.0 Å². The zero-order chi connectivity index (χ0) is 26.0. The van der Waals surface area contributed by atoms with E-state index in [1.165, 1.54) is 4.31 Å². The Balaban J connectivity index is 2.17. The summed E-state index contributed by atoms with van der Waals surface area (Å²) >= 11 is 0. The van der Waals surface area contributed by atoms with Crippen LogP contribution in [0.4, 0.5) is 5.69 Å². The molecule has 2 amide bonds. The summed E-state index contributed by atoms with van der Waals surface area (Å²) < 4.78 is 31.6. The van der Waals surface area contributed by atoms with E-state index in [-0.39, 0.29) is 24.8 Å². The summed E-state index contributed by atoms with van der Waals surface area (Å²) in [6.07, 6.45) is 2.04. The summed E-state index contributed by atoms with van der Waals surface area (Å²) in [6, 6.07) is 14.1. The molecule has 35 heavy (non-hydrogen) atoms. The van der Waals surface area contributed by atoms with E-state index in [1.54, 1.807) is 36.2 Å². The zero-order valence-electron chi connectivity index (χ0n) is 21.3. The van der Waals surface area contributed by atoms with E-state index < -0.39 is 16.1 Å². The summed E-state index contributed by atoms with van der Waals surface area (Å²) in [7, 11) is -1.99. The normalized spacial score (nSPS) is 12.0. The molecule has 0 radical (unpaired) electrons. The lowest BCUT2D eigenvalue weighted by atomic mass is 10.1. The van der Waals surface area contributed by atoms with Gasteiger partial charge in [0.15, 0.2) is 0 Å². The Kier molecular flexibility index (Phi) is 10.6. The maximum Gasteiger partial charge on any atom is 0.242 e. The molecule has 0 bridgehead atoms. The number of nitrogens with one attached hydrogen (secondary N) is 1. The zero-order valence-corrected chi connectivity index (χ0v) is 22.1. The number of benzene rings is 2. The second-order valence-corrected chi connectivity index (χ2v) is 10.3. The van der Waals surface area contributed by atoms with E-state index in [2.05, 4.69) is 5.32 Å². The molecule has 9 heteroatoms. The highest BCUT2D eigenvalue weighted by Crippen LogP contribution is 2.23. The van der Waals surface area contributed by atoms with Crippen molar-refractivity contribution < 1.29 is 22.7 Å². The van der Waals surface area contributed by atoms with Gasteiger partial charge in [-0.05, 0) is 56.5 Å². The van der Waals surface area contributed by atoms with Crippen molar-refractivity contribution >= 4 is 27.5 Å². The number of carbonyl (C=O) groups is 2. The van der Waals surface area contributed by atoms with Crippen LogP contribution in [0, 0.1) is 6.92 Å². The van der Waals surface area contributed by atoms with Gasteiger partial charge < -0.3 is 15.0 Å². The average molecular weight is 504 g/mol. The van der Waals surface area contributed by atoms with Crippen molar-refractivity contribution in [1.29, 1.82) is 0 Å². The van der Waals surface area contributed by atoms with Crippen LogP contribution < -0.4 is 14.4 Å². The summed E-state index contributed by atoms with van der Waals surface area (Å²) in [5.74, 6) is 0.245. The Hall–Kier alpha value is -3.07. The molecular formula is C26H37N3O5S. The summed E-state index contributed by atoms with van der Waals surface area (Å²) in [4.78, 5) is 27.4. The quantitative estimate of drug-likeness (QED) is 0.451. The first kappa shape index (κ1) is 28.2. The maximum atomic E-state index is 13.3. The number of aryl methyl sites for hydroxylation is 1. The molecule has 0 fully saturated rings. The minimum absolute atomic E-state index is 0.113. The molecule has 0 aliphatic carbocycles. The van der Waals surface area contributed by atoms with Gasteiger partial charge in [-0.25, -0.2) is 8.42 Å². The van der Waals surface area contributed by atoms with Gasteiger partial charge in [0.25, 0.3) is 0 Å². The number of rotatable bonds is 13. The molecule has 1 N–H and O–H groups in total. The van der Waals surface area contributed by atoms with Crippen molar-refractivity contribution in [1.82, 2.24) is 10.2 Å². The SMILES string of the molecule is CCOc1ccc(N(CCCC(=O)N(Cc2cccc(C)c2)[C@H](CC)C(=O)NC)S(C)(=O)=O)cc1. The van der Waals surface area contributed by atoms with Crippen molar-refractivity contribution in [3.8, 4) is 5.75 Å². The van der Waals surface area contributed by atoms with Crippen molar-refractivity contribution in [2.24, 2.45) is 0 Å². The maximum absolute atomic E-state index is 13.3. The second-order valence-electron chi connectivity index (χ2n) is 8.41. The standard InChI is InChI=1S/C26H37N3O5S/c1-6-24(26(31)27-4)28(19-21-11-8-10-20(3)18-21)25(30)12-9-17-29(35(5,32)33)22-13-15-23(16-14-22)34-7-2/h8,10-11,13-16,18,24H,6-7,9,12,17,19H2,1-5H3,(H,27,31)/t24-/m1/s1. The molecular weight excluding hydrogens is 466 g/mol. The van der Waals surface area contributed by atoms with Crippen molar-refractivity contribution in [3.05, 3.63) is 59.7 Å². The molecule has 192 valence electrons. The molecule has 0 heterocycles. The third-order valence-electron chi connectivity index (χ3n) is 5.66. The van der Waals surface area contributed by atoms with Crippen LogP contribution in [0.15, 0.2) is 48.5 Å². The topological polar surface area (TPSA) is 96.0 Å². The lowest BCUT2D eigenvalue weighted by Crippen LogP contribution is -2.48. The molecule has 1 atom stereocenters. The number of hydrogen-bond donors (Lipinski definition) is 1. The molecule has 0 saturated carbocycles. The number of nitrogens with zero attached hydrogens (tertiary/aromatic N) is 2.